The van der Waals surface area contributed by atoms with Gasteiger partial charge in [-0.1, -0.05) is 24.3 Å². The van der Waals surface area contributed by atoms with E-state index in [0.717, 1.165) is 0 Å². The zero-order valence-corrected chi connectivity index (χ0v) is 14.5. The van der Waals surface area contributed by atoms with E-state index in [0.29, 0.717) is 17.1 Å². The summed E-state index contributed by atoms with van der Waals surface area (Å²) >= 11 is 0. The van der Waals surface area contributed by atoms with Crippen LogP contribution < -0.4 is 15.4 Å². The number of rotatable bonds is 7. The highest BCUT2D eigenvalue weighted by Gasteiger charge is 2.17. The number of nitrogens with one attached hydrogen (secondary N) is 2. The van der Waals surface area contributed by atoms with E-state index >= 15 is 0 Å². The molecule has 0 aliphatic rings. The van der Waals surface area contributed by atoms with Gasteiger partial charge in [0.1, 0.15) is 5.75 Å². The molecule has 0 aliphatic carbocycles. The molecule has 1 atom stereocenters. The number of para-hydroxylation sites is 1. The molecule has 0 heterocycles. The molecule has 0 unspecified atom stereocenters. The molecule has 2 aromatic rings. The Balaban J connectivity index is 1.80. The predicted molar refractivity (Wildman–Crippen MR) is 96.9 cm³/mol. The van der Waals surface area contributed by atoms with Crippen LogP contribution in [-0.2, 0) is 19.1 Å². The van der Waals surface area contributed by atoms with Crippen LogP contribution in [0.3, 0.4) is 0 Å². The highest BCUT2D eigenvalue weighted by Crippen LogP contribution is 2.15. The van der Waals surface area contributed by atoms with Crippen LogP contribution in [0, 0.1) is 0 Å². The summed E-state index contributed by atoms with van der Waals surface area (Å²) in [6, 6.07) is 15.5. The SMILES string of the molecule is CC(=O)Nc1cccc(NC(=O)COC(=O)[C@@H](C)Oc2ccccc2)c1. The zero-order valence-electron chi connectivity index (χ0n) is 14.5. The van der Waals surface area contributed by atoms with Crippen LogP contribution in [-0.4, -0.2) is 30.5 Å². The fourth-order valence-electron chi connectivity index (χ4n) is 2.08. The molecule has 7 nitrogen and oxygen atoms in total. The standard InChI is InChI=1S/C19H20N2O5/c1-13(26-17-9-4-3-5-10-17)19(24)25-12-18(23)21-16-8-6-7-15(11-16)20-14(2)22/h3-11,13H,12H2,1-2H3,(H,20,22)(H,21,23)/t13-/m1/s1. The Labute approximate surface area is 151 Å². The van der Waals surface area contributed by atoms with E-state index in [9.17, 15) is 14.4 Å². The Kier molecular flexibility index (Phi) is 6.73. The first-order valence-corrected chi connectivity index (χ1v) is 8.00. The van der Waals surface area contributed by atoms with Gasteiger partial charge in [0.05, 0.1) is 0 Å². The average molecular weight is 356 g/mol. The van der Waals surface area contributed by atoms with Crippen molar-refractivity contribution in [3.05, 3.63) is 54.6 Å². The van der Waals surface area contributed by atoms with Gasteiger partial charge in [0.2, 0.25) is 5.91 Å². The highest BCUT2D eigenvalue weighted by molar-refractivity contribution is 5.94. The molecule has 0 aromatic heterocycles. The highest BCUT2D eigenvalue weighted by atomic mass is 16.6. The molecule has 0 bridgehead atoms. The maximum absolute atomic E-state index is 11.9. The molecule has 2 amide bonds. The summed E-state index contributed by atoms with van der Waals surface area (Å²) in [5, 5.41) is 5.21. The predicted octanol–water partition coefficient (Wildman–Crippen LogP) is 2.59. The van der Waals surface area contributed by atoms with Gasteiger partial charge in [0.25, 0.3) is 5.91 Å². The Morgan fingerprint density at radius 3 is 2.27 bits per heavy atom. The summed E-state index contributed by atoms with van der Waals surface area (Å²) in [5.74, 6) is -0.813. The van der Waals surface area contributed by atoms with Crippen LogP contribution in [0.5, 0.6) is 5.75 Å². The third-order valence-electron chi connectivity index (χ3n) is 3.20. The smallest absolute Gasteiger partial charge is 0.347 e. The minimum Gasteiger partial charge on any atom is -0.479 e. The summed E-state index contributed by atoms with van der Waals surface area (Å²) < 4.78 is 10.4. The Morgan fingerprint density at radius 2 is 1.62 bits per heavy atom. The lowest BCUT2D eigenvalue weighted by Crippen LogP contribution is -2.29. The number of anilines is 2. The second kappa shape index (κ2) is 9.22. The normalized spacial score (nSPS) is 11.2. The summed E-state index contributed by atoms with van der Waals surface area (Å²) in [6.07, 6.45) is -0.840. The van der Waals surface area contributed by atoms with Crippen LogP contribution in [0.25, 0.3) is 0 Å². The maximum Gasteiger partial charge on any atom is 0.347 e. The Bertz CT molecular complexity index is 777. The summed E-state index contributed by atoms with van der Waals surface area (Å²) in [7, 11) is 0. The maximum atomic E-state index is 11.9. The van der Waals surface area contributed by atoms with Gasteiger partial charge >= 0.3 is 5.97 Å². The summed E-state index contributed by atoms with van der Waals surface area (Å²) in [6.45, 7) is 2.50. The largest absolute Gasteiger partial charge is 0.479 e. The molecule has 2 N–H and O–H groups in total. The minimum absolute atomic E-state index is 0.213. The third kappa shape index (κ3) is 6.27. The van der Waals surface area contributed by atoms with Crippen LogP contribution in [0.15, 0.2) is 54.6 Å². The molecule has 0 saturated heterocycles. The molecule has 0 saturated carbocycles. The zero-order chi connectivity index (χ0) is 18.9. The number of carbonyl (C=O) groups excluding carboxylic acids is 3. The third-order valence-corrected chi connectivity index (χ3v) is 3.20. The molecule has 136 valence electrons. The average Bonchev–Trinajstić information content (AvgIpc) is 2.60. The van der Waals surface area contributed by atoms with Gasteiger partial charge in [-0.2, -0.15) is 0 Å². The van der Waals surface area contributed by atoms with Crippen LogP contribution in [0.4, 0.5) is 11.4 Å². The molecule has 0 spiro atoms. The van der Waals surface area contributed by atoms with E-state index in [1.165, 1.54) is 6.92 Å². The number of hydrogen-bond donors (Lipinski definition) is 2. The van der Waals surface area contributed by atoms with Crippen molar-refractivity contribution in [2.24, 2.45) is 0 Å². The second-order valence-electron chi connectivity index (χ2n) is 5.49. The monoisotopic (exact) mass is 356 g/mol. The first-order valence-electron chi connectivity index (χ1n) is 8.00. The number of carbonyl (C=O) groups is 3. The van der Waals surface area contributed by atoms with E-state index in [-0.39, 0.29) is 5.91 Å². The van der Waals surface area contributed by atoms with Crippen molar-refractivity contribution >= 4 is 29.2 Å². The molecule has 0 aliphatic heterocycles. The Hall–Kier alpha value is -3.35. The summed E-state index contributed by atoms with van der Waals surface area (Å²) in [4.78, 5) is 34.9. The van der Waals surface area contributed by atoms with Gasteiger partial charge in [0, 0.05) is 18.3 Å². The van der Waals surface area contributed by atoms with Crippen LogP contribution >= 0.6 is 0 Å². The lowest BCUT2D eigenvalue weighted by molar-refractivity contribution is -0.153. The molecule has 26 heavy (non-hydrogen) atoms. The molecule has 2 aromatic carbocycles. The fraction of sp³-hybridized carbons (Fsp3) is 0.211. The molecule has 0 fully saturated rings. The lowest BCUT2D eigenvalue weighted by Gasteiger charge is -2.14. The van der Waals surface area contributed by atoms with Crippen molar-refractivity contribution in [1.29, 1.82) is 0 Å². The first-order chi connectivity index (χ1) is 12.4. The molecular weight excluding hydrogens is 336 g/mol. The Morgan fingerprint density at radius 1 is 0.962 bits per heavy atom. The molecule has 7 heteroatoms. The lowest BCUT2D eigenvalue weighted by atomic mass is 10.2. The van der Waals surface area contributed by atoms with Crippen molar-refractivity contribution in [1.82, 2.24) is 0 Å². The van der Waals surface area contributed by atoms with Crippen LogP contribution in [0.1, 0.15) is 13.8 Å². The number of amides is 2. The van der Waals surface area contributed by atoms with Gasteiger partial charge in [0.15, 0.2) is 12.7 Å². The van der Waals surface area contributed by atoms with Crippen molar-refractivity contribution in [3.8, 4) is 5.75 Å². The number of hydrogen-bond acceptors (Lipinski definition) is 5. The van der Waals surface area contributed by atoms with Crippen molar-refractivity contribution in [2.45, 2.75) is 20.0 Å². The van der Waals surface area contributed by atoms with E-state index in [1.54, 1.807) is 55.5 Å². The van der Waals surface area contributed by atoms with Crippen molar-refractivity contribution in [3.63, 3.8) is 0 Å². The second-order valence-corrected chi connectivity index (χ2v) is 5.49. The van der Waals surface area contributed by atoms with E-state index in [2.05, 4.69) is 10.6 Å². The fourth-order valence-corrected chi connectivity index (χ4v) is 2.08. The van der Waals surface area contributed by atoms with E-state index in [4.69, 9.17) is 9.47 Å². The molecule has 2 rings (SSSR count). The van der Waals surface area contributed by atoms with Crippen LogP contribution in [0.2, 0.25) is 0 Å². The number of ether oxygens (including phenoxy) is 2. The van der Waals surface area contributed by atoms with Gasteiger partial charge in [-0.25, -0.2) is 4.79 Å². The minimum atomic E-state index is -0.840. The van der Waals surface area contributed by atoms with Crippen molar-refractivity contribution in [2.75, 3.05) is 17.2 Å². The van der Waals surface area contributed by atoms with Gasteiger partial charge < -0.3 is 20.1 Å². The quantitative estimate of drug-likeness (QED) is 0.744. The van der Waals surface area contributed by atoms with E-state index in [1.807, 2.05) is 6.07 Å². The first kappa shape index (κ1) is 19.0. The number of esters is 1. The summed E-state index contributed by atoms with van der Waals surface area (Å²) in [5.41, 5.74) is 1.03. The van der Waals surface area contributed by atoms with E-state index < -0.39 is 24.6 Å². The topological polar surface area (TPSA) is 93.7 Å². The van der Waals surface area contributed by atoms with Gasteiger partial charge in [-0.3, -0.25) is 9.59 Å². The van der Waals surface area contributed by atoms with Gasteiger partial charge in [-0.15, -0.1) is 0 Å². The molecular formula is C19H20N2O5. The van der Waals surface area contributed by atoms with Crippen molar-refractivity contribution < 1.29 is 23.9 Å². The molecule has 0 radical (unpaired) electrons. The van der Waals surface area contributed by atoms with Gasteiger partial charge in [-0.05, 0) is 37.3 Å². The number of benzene rings is 2.